The van der Waals surface area contributed by atoms with Crippen LogP contribution in [0.15, 0.2) is 76.7 Å². The Kier molecular flexibility index (Phi) is 8.64. The predicted molar refractivity (Wildman–Crippen MR) is 131 cm³/mol. The molecule has 1 aliphatic carbocycles. The van der Waals surface area contributed by atoms with Crippen molar-refractivity contribution in [2.24, 2.45) is 22.1 Å². The summed E-state index contributed by atoms with van der Waals surface area (Å²) in [6, 6.07) is 6.82. The molecule has 1 atom stereocenters. The zero-order valence-corrected chi connectivity index (χ0v) is 20.2. The molecule has 1 aromatic rings. The van der Waals surface area contributed by atoms with E-state index in [2.05, 4.69) is 58.3 Å². The van der Waals surface area contributed by atoms with Crippen molar-refractivity contribution in [2.75, 3.05) is 13.7 Å². The molecule has 0 bridgehead atoms. The number of allylic oxidation sites excluding steroid dienone is 4. The summed E-state index contributed by atoms with van der Waals surface area (Å²) >= 11 is 0. The molecule has 0 spiro atoms. The first kappa shape index (κ1) is 25.2. The Balaban J connectivity index is 2.38. The highest BCUT2D eigenvalue weighted by Crippen LogP contribution is 2.35. The topological polar surface area (TPSA) is 73.9 Å². The average molecular weight is 437 g/mol. The molecule has 0 aromatic heterocycles. The van der Waals surface area contributed by atoms with Crippen LogP contribution in [0.25, 0.3) is 0 Å². The van der Waals surface area contributed by atoms with E-state index in [4.69, 9.17) is 15.2 Å². The number of primary amides is 1. The minimum Gasteiger partial charge on any atom is -0.497 e. The third-order valence-corrected chi connectivity index (χ3v) is 5.43. The SMILES string of the molecule is C=C(/N=C(\OC)c1ccc(C(N)=O)cc1)C1=CC(C(C)(C)C)=C(OCC(C)CC)CC=C1. The van der Waals surface area contributed by atoms with E-state index in [1.54, 1.807) is 31.4 Å². The van der Waals surface area contributed by atoms with Crippen molar-refractivity contribution in [3.8, 4) is 0 Å². The molecule has 0 saturated heterocycles. The van der Waals surface area contributed by atoms with Crippen LogP contribution in [0.5, 0.6) is 0 Å². The van der Waals surface area contributed by atoms with Gasteiger partial charge in [0, 0.05) is 17.5 Å². The van der Waals surface area contributed by atoms with E-state index in [9.17, 15) is 4.79 Å². The maximum Gasteiger partial charge on any atom is 0.248 e. The predicted octanol–water partition coefficient (Wildman–Crippen LogP) is 5.94. The molecule has 1 aliphatic rings. The van der Waals surface area contributed by atoms with Gasteiger partial charge in [0.05, 0.1) is 19.4 Å². The van der Waals surface area contributed by atoms with Crippen LogP contribution in [0, 0.1) is 11.3 Å². The highest BCUT2D eigenvalue weighted by Gasteiger charge is 2.23. The van der Waals surface area contributed by atoms with Crippen molar-refractivity contribution in [1.29, 1.82) is 0 Å². The van der Waals surface area contributed by atoms with Gasteiger partial charge in [0.2, 0.25) is 11.8 Å². The Bertz CT molecular complexity index is 958. The van der Waals surface area contributed by atoms with Crippen LogP contribution < -0.4 is 5.73 Å². The smallest absolute Gasteiger partial charge is 0.248 e. The van der Waals surface area contributed by atoms with Crippen LogP contribution in [0.1, 0.15) is 63.4 Å². The van der Waals surface area contributed by atoms with Gasteiger partial charge < -0.3 is 15.2 Å². The lowest BCUT2D eigenvalue weighted by molar-refractivity contribution is 0.1000. The van der Waals surface area contributed by atoms with Crippen LogP contribution in [0.4, 0.5) is 0 Å². The van der Waals surface area contributed by atoms with Crippen LogP contribution in [0.3, 0.4) is 0 Å². The summed E-state index contributed by atoms with van der Waals surface area (Å²) in [7, 11) is 1.56. The van der Waals surface area contributed by atoms with E-state index in [1.807, 2.05) is 6.08 Å². The summed E-state index contributed by atoms with van der Waals surface area (Å²) in [6.45, 7) is 15.8. The van der Waals surface area contributed by atoms with Crippen molar-refractivity contribution in [3.63, 3.8) is 0 Å². The standard InChI is InChI=1S/C27H36N2O3/c1-8-18(2)17-32-24-11-9-10-22(16-23(24)27(4,5)6)19(3)29-26(31-7)21-14-12-20(13-15-21)25(28)30/h9-10,12-16,18H,3,8,11,17H2,1-2,4-7H3,(H2,28,30)/b29-26-. The van der Waals surface area contributed by atoms with Gasteiger partial charge >= 0.3 is 0 Å². The largest absolute Gasteiger partial charge is 0.497 e. The molecule has 1 aromatic carbocycles. The number of hydrogen-bond donors (Lipinski definition) is 1. The second-order valence-corrected chi connectivity index (χ2v) is 9.13. The highest BCUT2D eigenvalue weighted by atomic mass is 16.5. The number of methoxy groups -OCH3 is 1. The molecule has 0 saturated carbocycles. The lowest BCUT2D eigenvalue weighted by Crippen LogP contribution is -2.14. The van der Waals surface area contributed by atoms with E-state index in [0.717, 1.165) is 35.3 Å². The fourth-order valence-electron chi connectivity index (χ4n) is 3.19. The normalized spacial score (nSPS) is 15.7. The third-order valence-electron chi connectivity index (χ3n) is 5.43. The summed E-state index contributed by atoms with van der Waals surface area (Å²) in [4.78, 5) is 16.0. The second-order valence-electron chi connectivity index (χ2n) is 9.13. The summed E-state index contributed by atoms with van der Waals surface area (Å²) in [5, 5.41) is 0. The van der Waals surface area contributed by atoms with Crippen molar-refractivity contribution in [2.45, 2.75) is 47.5 Å². The minimum absolute atomic E-state index is 0.0965. The molecule has 0 fully saturated rings. The maximum atomic E-state index is 11.3. The summed E-state index contributed by atoms with van der Waals surface area (Å²) in [5.41, 5.74) is 9.03. The number of benzene rings is 1. The Morgan fingerprint density at radius 1 is 1.22 bits per heavy atom. The molecule has 172 valence electrons. The van der Waals surface area contributed by atoms with Crippen LogP contribution in [0.2, 0.25) is 0 Å². The van der Waals surface area contributed by atoms with Gasteiger partial charge in [0.1, 0.15) is 5.76 Å². The monoisotopic (exact) mass is 436 g/mol. The lowest BCUT2D eigenvalue weighted by atomic mass is 9.84. The van der Waals surface area contributed by atoms with Gasteiger partial charge in [-0.25, -0.2) is 4.99 Å². The van der Waals surface area contributed by atoms with Gasteiger partial charge in [-0.2, -0.15) is 0 Å². The van der Waals surface area contributed by atoms with E-state index >= 15 is 0 Å². The zero-order chi connectivity index (χ0) is 23.9. The van der Waals surface area contributed by atoms with Gasteiger partial charge in [-0.15, -0.1) is 0 Å². The van der Waals surface area contributed by atoms with Crippen molar-refractivity contribution < 1.29 is 14.3 Å². The van der Waals surface area contributed by atoms with Crippen molar-refractivity contribution in [3.05, 3.63) is 82.8 Å². The number of carbonyl (C=O) groups is 1. The molecule has 0 heterocycles. The molecule has 1 unspecified atom stereocenters. The van der Waals surface area contributed by atoms with E-state index in [-0.39, 0.29) is 5.41 Å². The number of nitrogens with zero attached hydrogens (tertiary/aromatic N) is 1. The molecular formula is C27H36N2O3. The highest BCUT2D eigenvalue weighted by molar-refractivity contribution is 5.97. The van der Waals surface area contributed by atoms with Crippen LogP contribution >= 0.6 is 0 Å². The Morgan fingerprint density at radius 2 is 1.84 bits per heavy atom. The fraction of sp³-hybridized carbons (Fsp3) is 0.407. The van der Waals surface area contributed by atoms with Gasteiger partial charge in [-0.05, 0) is 52.8 Å². The quantitative estimate of drug-likeness (QED) is 0.405. The molecule has 0 aliphatic heterocycles. The van der Waals surface area contributed by atoms with E-state index in [1.165, 1.54) is 0 Å². The number of ether oxygens (including phenoxy) is 2. The van der Waals surface area contributed by atoms with Gasteiger partial charge in [-0.3, -0.25) is 4.79 Å². The second kappa shape index (κ2) is 11.0. The number of carbonyl (C=O) groups excluding carboxylic acids is 1. The third kappa shape index (κ3) is 6.71. The molecule has 1 amide bonds. The first-order valence-corrected chi connectivity index (χ1v) is 11.0. The van der Waals surface area contributed by atoms with Crippen LogP contribution in [-0.2, 0) is 9.47 Å². The molecule has 2 rings (SSSR count). The minimum atomic E-state index is -0.474. The average Bonchev–Trinajstić information content (AvgIpc) is 2.98. The Hall–Kier alpha value is -3.08. The summed E-state index contributed by atoms with van der Waals surface area (Å²) < 4.78 is 11.7. The number of hydrogen-bond acceptors (Lipinski definition) is 4. The van der Waals surface area contributed by atoms with Crippen molar-refractivity contribution in [1.82, 2.24) is 0 Å². The van der Waals surface area contributed by atoms with E-state index < -0.39 is 5.91 Å². The van der Waals surface area contributed by atoms with Crippen LogP contribution in [-0.4, -0.2) is 25.5 Å². The first-order valence-electron chi connectivity index (χ1n) is 11.0. The summed E-state index contributed by atoms with van der Waals surface area (Å²) in [6.07, 6.45) is 8.04. The number of nitrogens with two attached hydrogens (primary N) is 1. The first-order chi connectivity index (χ1) is 15.1. The van der Waals surface area contributed by atoms with Gasteiger partial charge in [0.25, 0.3) is 0 Å². The fourth-order valence-corrected chi connectivity index (χ4v) is 3.19. The lowest BCUT2D eigenvalue weighted by Gasteiger charge is -2.25. The van der Waals surface area contributed by atoms with Gasteiger partial charge in [0.15, 0.2) is 0 Å². The zero-order valence-electron chi connectivity index (χ0n) is 20.2. The maximum absolute atomic E-state index is 11.3. The molecule has 0 radical (unpaired) electrons. The van der Waals surface area contributed by atoms with E-state index in [0.29, 0.717) is 29.7 Å². The number of aliphatic imine (C=N–C) groups is 1. The number of rotatable bonds is 8. The molecule has 32 heavy (non-hydrogen) atoms. The Morgan fingerprint density at radius 3 is 2.38 bits per heavy atom. The number of amides is 1. The van der Waals surface area contributed by atoms with Gasteiger partial charge in [-0.1, -0.05) is 59.8 Å². The molecule has 2 N–H and O–H groups in total. The Labute approximate surface area is 192 Å². The molecular weight excluding hydrogens is 400 g/mol. The molecule has 5 heteroatoms. The van der Waals surface area contributed by atoms with Crippen molar-refractivity contribution >= 4 is 11.8 Å². The summed E-state index contributed by atoms with van der Waals surface area (Å²) in [5.74, 6) is 1.44. The molecule has 5 nitrogen and oxygen atoms in total.